The lowest BCUT2D eigenvalue weighted by atomic mass is 10.4. The van der Waals surface area contributed by atoms with Gasteiger partial charge in [0.1, 0.15) is 0 Å². The van der Waals surface area contributed by atoms with Gasteiger partial charge in [0, 0.05) is 24.5 Å². The highest BCUT2D eigenvalue weighted by Crippen LogP contribution is 2.19. The molecule has 2 aromatic rings. The van der Waals surface area contributed by atoms with Gasteiger partial charge in [-0.3, -0.25) is 20.2 Å². The molecule has 0 saturated heterocycles. The number of hydrazine groups is 1. The van der Waals surface area contributed by atoms with Gasteiger partial charge in [0.25, 0.3) is 0 Å². The van der Waals surface area contributed by atoms with Crippen LogP contribution in [0.25, 0.3) is 0 Å². The Hall–Kier alpha value is -2.85. The minimum absolute atomic E-state index is 0.0671. The fraction of sp³-hybridized carbons (Fsp3) is 0. The Balaban J connectivity index is 0.000000211. The van der Waals surface area contributed by atoms with E-state index in [0.29, 0.717) is 0 Å². The first-order valence-electron chi connectivity index (χ1n) is 5.28. The highest BCUT2D eigenvalue weighted by molar-refractivity contribution is 6.31. The Bertz CT molecular complexity index is 653. The van der Waals surface area contributed by atoms with Gasteiger partial charge in [-0.1, -0.05) is 11.6 Å². The summed E-state index contributed by atoms with van der Waals surface area (Å²) in [6.45, 7) is 0. The molecule has 0 spiro atoms. The number of aromatic nitrogens is 2. The number of hydrogen-bond acceptors (Lipinski definition) is 8. The lowest BCUT2D eigenvalue weighted by molar-refractivity contribution is -0.385. The van der Waals surface area contributed by atoms with Gasteiger partial charge in [-0.05, 0) is 12.1 Å². The van der Waals surface area contributed by atoms with Crippen molar-refractivity contribution in [3.63, 3.8) is 0 Å². The molecule has 10 nitrogen and oxygen atoms in total. The molecule has 0 aliphatic carbocycles. The van der Waals surface area contributed by atoms with Gasteiger partial charge in [0.2, 0.25) is 11.0 Å². The summed E-state index contributed by atoms with van der Waals surface area (Å²) >= 11 is 5.37. The van der Waals surface area contributed by atoms with Crippen LogP contribution in [0.1, 0.15) is 0 Å². The Kier molecular flexibility index (Phi) is 5.92. The molecule has 0 unspecified atom stereocenters. The standard InChI is InChI=1S/C5H3ClN2O2.C5H6N4O2/c6-5-4(8(9)10)2-1-3-7-5;6-8-5-4(9(10)11)2-1-3-7-5/h1-3H;1-3H,6H2,(H,7,8). The van der Waals surface area contributed by atoms with Gasteiger partial charge in [-0.2, -0.15) is 0 Å². The van der Waals surface area contributed by atoms with Crippen molar-refractivity contribution >= 4 is 28.8 Å². The van der Waals surface area contributed by atoms with E-state index < -0.39 is 9.85 Å². The fourth-order valence-corrected chi connectivity index (χ4v) is 1.36. The molecular formula is C10H9ClN6O4. The zero-order valence-corrected chi connectivity index (χ0v) is 11.1. The van der Waals surface area contributed by atoms with Gasteiger partial charge in [0.15, 0.2) is 0 Å². The quantitative estimate of drug-likeness (QED) is 0.377. The molecule has 0 aromatic carbocycles. The van der Waals surface area contributed by atoms with Crippen LogP contribution in [0.15, 0.2) is 36.7 Å². The van der Waals surface area contributed by atoms with Crippen LogP contribution in [0.2, 0.25) is 5.15 Å². The third kappa shape index (κ3) is 4.63. The Labute approximate surface area is 122 Å². The molecule has 0 fully saturated rings. The van der Waals surface area contributed by atoms with Crippen molar-refractivity contribution in [2.45, 2.75) is 0 Å². The molecule has 11 heteroatoms. The van der Waals surface area contributed by atoms with Crippen LogP contribution in [0.3, 0.4) is 0 Å². The van der Waals surface area contributed by atoms with E-state index >= 15 is 0 Å². The number of anilines is 1. The number of nitrogens with zero attached hydrogens (tertiary/aromatic N) is 4. The zero-order valence-electron chi connectivity index (χ0n) is 10.3. The third-order valence-corrected chi connectivity index (χ3v) is 2.35. The van der Waals surface area contributed by atoms with E-state index in [1.54, 1.807) is 0 Å². The molecule has 2 rings (SSSR count). The summed E-state index contributed by atoms with van der Waals surface area (Å²) in [6, 6.07) is 5.56. The zero-order chi connectivity index (χ0) is 15.8. The normalized spacial score (nSPS) is 9.24. The van der Waals surface area contributed by atoms with Crippen molar-refractivity contribution < 1.29 is 9.85 Å². The first kappa shape index (κ1) is 16.2. The van der Waals surface area contributed by atoms with Crippen LogP contribution in [-0.4, -0.2) is 19.8 Å². The largest absolute Gasteiger partial charge is 0.312 e. The van der Waals surface area contributed by atoms with Crippen molar-refractivity contribution in [3.8, 4) is 0 Å². The molecule has 0 bridgehead atoms. The number of nitro groups is 2. The third-order valence-electron chi connectivity index (χ3n) is 2.06. The van der Waals surface area contributed by atoms with Crippen LogP contribution < -0.4 is 11.3 Å². The van der Waals surface area contributed by atoms with E-state index in [9.17, 15) is 20.2 Å². The van der Waals surface area contributed by atoms with E-state index in [-0.39, 0.29) is 22.3 Å². The van der Waals surface area contributed by atoms with E-state index in [4.69, 9.17) is 17.4 Å². The maximum atomic E-state index is 10.3. The van der Waals surface area contributed by atoms with Crippen molar-refractivity contribution in [1.82, 2.24) is 9.97 Å². The van der Waals surface area contributed by atoms with Crippen LogP contribution in [-0.2, 0) is 0 Å². The summed E-state index contributed by atoms with van der Waals surface area (Å²) in [7, 11) is 0. The summed E-state index contributed by atoms with van der Waals surface area (Å²) in [4.78, 5) is 26.4. The number of nitrogen functional groups attached to an aromatic ring is 1. The summed E-state index contributed by atoms with van der Waals surface area (Å²) in [6.07, 6.45) is 2.82. The van der Waals surface area contributed by atoms with Crippen LogP contribution in [0.4, 0.5) is 17.2 Å². The molecule has 0 atom stereocenters. The molecule has 0 amide bonds. The second-order valence-electron chi connectivity index (χ2n) is 3.34. The van der Waals surface area contributed by atoms with E-state index in [0.717, 1.165) is 0 Å². The Morgan fingerprint density at radius 3 is 1.95 bits per heavy atom. The number of halogens is 1. The van der Waals surface area contributed by atoms with Gasteiger partial charge in [0.05, 0.1) is 9.85 Å². The predicted molar refractivity (Wildman–Crippen MR) is 74.6 cm³/mol. The minimum Gasteiger partial charge on any atom is -0.303 e. The molecule has 0 saturated carbocycles. The molecule has 110 valence electrons. The monoisotopic (exact) mass is 312 g/mol. The number of pyridine rings is 2. The number of nitrogens with two attached hydrogens (primary N) is 1. The van der Waals surface area contributed by atoms with Gasteiger partial charge in [-0.15, -0.1) is 0 Å². The Morgan fingerprint density at radius 2 is 1.57 bits per heavy atom. The molecule has 0 radical (unpaired) electrons. The average molecular weight is 313 g/mol. The fourth-order valence-electron chi connectivity index (χ4n) is 1.17. The molecule has 2 aromatic heterocycles. The first-order chi connectivity index (χ1) is 9.97. The maximum absolute atomic E-state index is 10.3. The lowest BCUT2D eigenvalue weighted by Crippen LogP contribution is -2.10. The first-order valence-corrected chi connectivity index (χ1v) is 5.66. The molecule has 2 heterocycles. The number of rotatable bonds is 3. The predicted octanol–water partition coefficient (Wildman–Crippen LogP) is 1.92. The van der Waals surface area contributed by atoms with Crippen molar-refractivity contribution in [2.75, 3.05) is 5.43 Å². The van der Waals surface area contributed by atoms with E-state index in [1.807, 2.05) is 0 Å². The van der Waals surface area contributed by atoms with Gasteiger partial charge in [-0.25, -0.2) is 15.8 Å². The average Bonchev–Trinajstić information content (AvgIpc) is 2.48. The van der Waals surface area contributed by atoms with Gasteiger partial charge < -0.3 is 5.43 Å². The molecule has 0 aliphatic heterocycles. The van der Waals surface area contributed by atoms with E-state index in [1.165, 1.54) is 36.7 Å². The van der Waals surface area contributed by atoms with E-state index in [2.05, 4.69) is 15.4 Å². The molecule has 21 heavy (non-hydrogen) atoms. The van der Waals surface area contributed by atoms with Crippen LogP contribution >= 0.6 is 11.6 Å². The van der Waals surface area contributed by atoms with Crippen molar-refractivity contribution in [1.29, 1.82) is 0 Å². The highest BCUT2D eigenvalue weighted by Gasteiger charge is 2.11. The number of hydrogen-bond donors (Lipinski definition) is 2. The second-order valence-corrected chi connectivity index (χ2v) is 3.70. The summed E-state index contributed by atoms with van der Waals surface area (Å²) < 4.78 is 0. The smallest absolute Gasteiger partial charge is 0.303 e. The van der Waals surface area contributed by atoms with Crippen molar-refractivity contribution in [2.24, 2.45) is 5.84 Å². The van der Waals surface area contributed by atoms with Crippen molar-refractivity contribution in [3.05, 3.63) is 62.0 Å². The van der Waals surface area contributed by atoms with Crippen LogP contribution in [0, 0.1) is 20.2 Å². The van der Waals surface area contributed by atoms with Gasteiger partial charge >= 0.3 is 11.4 Å². The summed E-state index contributed by atoms with van der Waals surface area (Å²) in [5.74, 6) is 5.04. The SMILES string of the molecule is NNc1ncccc1[N+](=O)[O-].O=[N+]([O-])c1cccnc1Cl. The maximum Gasteiger partial charge on any atom is 0.312 e. The van der Waals surface area contributed by atoms with Crippen LogP contribution in [0.5, 0.6) is 0 Å². The lowest BCUT2D eigenvalue weighted by Gasteiger charge is -1.97. The molecular weight excluding hydrogens is 304 g/mol. The molecule has 3 N–H and O–H groups in total. The topological polar surface area (TPSA) is 150 Å². The molecule has 0 aliphatic rings. The second kappa shape index (κ2) is 7.67. The minimum atomic E-state index is -0.574. The summed E-state index contributed by atoms with van der Waals surface area (Å²) in [5, 5.41) is 20.3. The highest BCUT2D eigenvalue weighted by atomic mass is 35.5. The number of nitrogens with one attached hydrogen (secondary N) is 1. The Morgan fingerprint density at radius 1 is 1.05 bits per heavy atom. The summed E-state index contributed by atoms with van der Waals surface area (Å²) in [5.41, 5.74) is 1.83.